The van der Waals surface area contributed by atoms with Crippen LogP contribution in [0.4, 0.5) is 0 Å². The van der Waals surface area contributed by atoms with E-state index in [0.717, 1.165) is 57.9 Å². The number of hydrogen-bond acceptors (Lipinski definition) is 7. The summed E-state index contributed by atoms with van der Waals surface area (Å²) in [5, 5.41) is 10.7. The molecule has 4 saturated heterocycles. The second-order valence-electron chi connectivity index (χ2n) is 12.9. The van der Waals surface area contributed by atoms with Crippen molar-refractivity contribution < 1.29 is 4.79 Å². The molecule has 1 saturated carbocycles. The molecule has 5 fully saturated rings. The maximum absolute atomic E-state index is 13.9. The van der Waals surface area contributed by atoms with Crippen molar-refractivity contribution in [3.63, 3.8) is 0 Å². The summed E-state index contributed by atoms with van der Waals surface area (Å²) in [6, 6.07) is 1.17. The van der Waals surface area contributed by atoms with Crippen LogP contribution in [0.3, 0.4) is 0 Å². The zero-order valence-electron chi connectivity index (χ0n) is 22.8. The summed E-state index contributed by atoms with van der Waals surface area (Å²) >= 11 is 6.69. The lowest BCUT2D eigenvalue weighted by atomic mass is 9.65. The van der Waals surface area contributed by atoms with Gasteiger partial charge in [0.2, 0.25) is 5.91 Å². The van der Waals surface area contributed by atoms with Gasteiger partial charge >= 0.3 is 0 Å². The predicted molar refractivity (Wildman–Crippen MR) is 150 cm³/mol. The molecule has 1 amide bonds. The summed E-state index contributed by atoms with van der Waals surface area (Å²) in [6.07, 6.45) is 13.7. The molecule has 0 bridgehead atoms. The molecule has 8 nitrogen and oxygen atoms in total. The lowest BCUT2D eigenvalue weighted by molar-refractivity contribution is -0.128. The van der Waals surface area contributed by atoms with Crippen LogP contribution < -0.4 is 27.4 Å². The third-order valence-corrected chi connectivity index (χ3v) is 10.8. The molecule has 5 aliphatic rings. The molecule has 4 aliphatic heterocycles. The zero-order valence-corrected chi connectivity index (χ0v) is 23.6. The van der Waals surface area contributed by atoms with Gasteiger partial charge < -0.3 is 32.3 Å². The summed E-state index contributed by atoms with van der Waals surface area (Å²) < 4.78 is 0. The first-order valence-electron chi connectivity index (χ1n) is 15.3. The van der Waals surface area contributed by atoms with Gasteiger partial charge in [-0.25, -0.2) is 0 Å². The summed E-state index contributed by atoms with van der Waals surface area (Å²) in [6.45, 7) is 7.33. The highest BCUT2D eigenvalue weighted by Gasteiger charge is 2.43. The van der Waals surface area contributed by atoms with Gasteiger partial charge in [-0.3, -0.25) is 9.69 Å². The maximum Gasteiger partial charge on any atom is 0.227 e. The molecule has 0 aromatic rings. The molecule has 5 atom stereocenters. The van der Waals surface area contributed by atoms with Crippen molar-refractivity contribution >= 4 is 17.5 Å². The van der Waals surface area contributed by atoms with E-state index in [1.54, 1.807) is 0 Å². The Morgan fingerprint density at radius 3 is 2.35 bits per heavy atom. The fraction of sp³-hybridized carbons (Fsp3) is 0.964. The van der Waals surface area contributed by atoms with Crippen LogP contribution in [0.15, 0.2) is 0 Å². The summed E-state index contributed by atoms with van der Waals surface area (Å²) in [5.74, 6) is -0.445. The molecule has 1 spiro atoms. The molecule has 212 valence electrons. The summed E-state index contributed by atoms with van der Waals surface area (Å²) in [4.78, 5) is 19.2. The van der Waals surface area contributed by atoms with E-state index in [4.69, 9.17) is 23.1 Å². The predicted octanol–water partition coefficient (Wildman–Crippen LogP) is 1.56. The van der Waals surface area contributed by atoms with Gasteiger partial charge in [0.1, 0.15) is 0 Å². The van der Waals surface area contributed by atoms with Crippen molar-refractivity contribution in [3.05, 3.63) is 0 Å². The van der Waals surface area contributed by atoms with Gasteiger partial charge in [-0.15, -0.1) is 11.6 Å². The number of hydrogen-bond donors (Lipinski definition) is 5. The number of alkyl halides is 1. The Balaban J connectivity index is 1.24. The maximum atomic E-state index is 13.9. The van der Waals surface area contributed by atoms with Crippen LogP contribution >= 0.6 is 11.6 Å². The van der Waals surface area contributed by atoms with E-state index in [9.17, 15) is 4.79 Å². The molecule has 0 radical (unpaired) electrons. The molecule has 4 heterocycles. The van der Waals surface area contributed by atoms with Gasteiger partial charge in [-0.1, -0.05) is 19.3 Å². The fourth-order valence-electron chi connectivity index (χ4n) is 8.12. The topological polar surface area (TPSA) is 112 Å². The van der Waals surface area contributed by atoms with Crippen molar-refractivity contribution in [3.8, 4) is 0 Å². The Bertz CT molecular complexity index is 736. The number of carbonyl (C=O) groups is 1. The largest absolute Gasteiger partial charge is 0.350 e. The number of piperidine rings is 2. The van der Waals surface area contributed by atoms with E-state index in [1.807, 2.05) is 0 Å². The number of halogens is 1. The van der Waals surface area contributed by atoms with Crippen LogP contribution in [0.5, 0.6) is 0 Å². The van der Waals surface area contributed by atoms with Gasteiger partial charge in [-0.05, 0) is 82.8 Å². The van der Waals surface area contributed by atoms with Crippen LogP contribution in [0.1, 0.15) is 77.0 Å². The minimum absolute atomic E-state index is 0.0133. The first-order chi connectivity index (χ1) is 17.9. The Morgan fingerprint density at radius 1 is 0.919 bits per heavy atom. The van der Waals surface area contributed by atoms with Crippen molar-refractivity contribution in [2.24, 2.45) is 22.8 Å². The molecular formula is C28H52ClN7O. The molecule has 5 unspecified atom stereocenters. The van der Waals surface area contributed by atoms with Crippen LogP contribution in [0.2, 0.25) is 0 Å². The quantitative estimate of drug-likeness (QED) is 0.258. The number of carbonyl (C=O) groups excluding carboxylic acids is 1. The van der Waals surface area contributed by atoms with E-state index < -0.39 is 12.1 Å². The SMILES string of the molecule is NC(N)C(C(=O)NC1CNCCC1N1CCC(N2CCC2)CC1)C1CC2(CCCCC2)CCC(Cl)CN1. The highest BCUT2D eigenvalue weighted by Crippen LogP contribution is 2.46. The van der Waals surface area contributed by atoms with Gasteiger partial charge in [-0.2, -0.15) is 0 Å². The summed E-state index contributed by atoms with van der Waals surface area (Å²) in [5.41, 5.74) is 13.0. The first-order valence-corrected chi connectivity index (χ1v) is 15.8. The van der Waals surface area contributed by atoms with E-state index >= 15 is 0 Å². The van der Waals surface area contributed by atoms with E-state index in [0.29, 0.717) is 12.6 Å². The zero-order chi connectivity index (χ0) is 25.8. The van der Waals surface area contributed by atoms with Crippen molar-refractivity contribution in [1.29, 1.82) is 0 Å². The second-order valence-corrected chi connectivity index (χ2v) is 13.5. The Morgan fingerprint density at radius 2 is 1.68 bits per heavy atom. The van der Waals surface area contributed by atoms with Gasteiger partial charge in [0.05, 0.1) is 18.1 Å². The number of amides is 1. The fourth-order valence-corrected chi connectivity index (χ4v) is 8.32. The van der Waals surface area contributed by atoms with Gasteiger partial charge in [0.25, 0.3) is 0 Å². The van der Waals surface area contributed by atoms with Crippen LogP contribution in [0.25, 0.3) is 0 Å². The highest BCUT2D eigenvalue weighted by molar-refractivity contribution is 6.20. The number of likely N-dealkylation sites (tertiary alicyclic amines) is 2. The monoisotopic (exact) mass is 537 g/mol. The molecule has 0 aromatic heterocycles. The summed E-state index contributed by atoms with van der Waals surface area (Å²) in [7, 11) is 0. The number of nitrogens with two attached hydrogens (primary N) is 2. The normalized spacial score (nSPS) is 35.5. The first kappa shape index (κ1) is 28.1. The third kappa shape index (κ3) is 6.82. The standard InChI is InChI=1S/C28H52ClN7O/c29-20-5-11-28(9-2-1-3-10-28)17-22(33-18-20)25(26(30)31)27(37)34-23-19-32-12-6-24(23)36-15-7-21(8-16-36)35-13-4-14-35/h20-26,32-33H,1-19,30-31H2,(H,34,37). The average molecular weight is 538 g/mol. The van der Waals surface area contributed by atoms with E-state index in [1.165, 1.54) is 64.5 Å². The number of rotatable bonds is 6. The lowest BCUT2D eigenvalue weighted by Crippen LogP contribution is -2.65. The highest BCUT2D eigenvalue weighted by atomic mass is 35.5. The van der Waals surface area contributed by atoms with E-state index in [2.05, 4.69) is 25.8 Å². The molecule has 0 aromatic carbocycles. The Hall–Kier alpha value is -0.480. The van der Waals surface area contributed by atoms with Crippen LogP contribution in [0, 0.1) is 11.3 Å². The van der Waals surface area contributed by atoms with Crippen molar-refractivity contribution in [1.82, 2.24) is 25.8 Å². The Kier molecular flexibility index (Phi) is 9.70. The molecular weight excluding hydrogens is 486 g/mol. The minimum Gasteiger partial charge on any atom is -0.350 e. The van der Waals surface area contributed by atoms with E-state index in [-0.39, 0.29) is 28.8 Å². The molecule has 7 N–H and O–H groups in total. The van der Waals surface area contributed by atoms with Gasteiger partial charge in [0, 0.05) is 49.7 Å². The second kappa shape index (κ2) is 12.8. The number of nitrogens with one attached hydrogen (secondary N) is 3. The molecule has 1 aliphatic carbocycles. The smallest absolute Gasteiger partial charge is 0.227 e. The molecule has 9 heteroatoms. The third-order valence-electron chi connectivity index (χ3n) is 10.5. The minimum atomic E-state index is -0.700. The van der Waals surface area contributed by atoms with Crippen molar-refractivity contribution in [2.45, 2.75) is 113 Å². The average Bonchev–Trinajstić information content (AvgIpc) is 2.86. The molecule has 5 rings (SSSR count). The van der Waals surface area contributed by atoms with Gasteiger partial charge in [0.15, 0.2) is 0 Å². The number of nitrogens with zero attached hydrogens (tertiary/aromatic N) is 2. The van der Waals surface area contributed by atoms with Crippen LogP contribution in [-0.4, -0.2) is 97.2 Å². The van der Waals surface area contributed by atoms with Crippen molar-refractivity contribution in [2.75, 3.05) is 45.8 Å². The van der Waals surface area contributed by atoms with Crippen LogP contribution in [-0.2, 0) is 4.79 Å². The lowest BCUT2D eigenvalue weighted by Gasteiger charge is -2.48. The molecule has 37 heavy (non-hydrogen) atoms. The Labute approximate surface area is 229 Å².